The lowest BCUT2D eigenvalue weighted by Gasteiger charge is -2.07. The Balaban J connectivity index is 2.63. The molecule has 0 saturated heterocycles. The Hall–Kier alpha value is -1.24. The molecule has 0 heterocycles. The molecule has 0 aliphatic carbocycles. The highest BCUT2D eigenvalue weighted by Gasteiger charge is 2.09. The third kappa shape index (κ3) is 3.41. The van der Waals surface area contributed by atoms with Gasteiger partial charge in [-0.15, -0.1) is 0 Å². The van der Waals surface area contributed by atoms with E-state index in [-0.39, 0.29) is 5.75 Å². The van der Waals surface area contributed by atoms with E-state index in [1.54, 1.807) is 0 Å². The summed E-state index contributed by atoms with van der Waals surface area (Å²) in [4.78, 5) is 0. The molecule has 0 radical (unpaired) electrons. The third-order valence-corrected chi connectivity index (χ3v) is 2.12. The summed E-state index contributed by atoms with van der Waals surface area (Å²) in [5.41, 5.74) is 2.71. The molecule has 0 aliphatic rings. The molecule has 4 nitrogen and oxygen atoms in total. The van der Waals surface area contributed by atoms with E-state index in [9.17, 15) is 8.78 Å². The van der Waals surface area contributed by atoms with Gasteiger partial charge in [-0.1, -0.05) is 0 Å². The molecule has 6 heteroatoms. The lowest BCUT2D eigenvalue weighted by molar-refractivity contribution is 0.381. The minimum Gasteiger partial charge on any atom is -0.494 e. The van der Waals surface area contributed by atoms with Crippen LogP contribution in [-0.4, -0.2) is 20.3 Å². The van der Waals surface area contributed by atoms with E-state index in [1.807, 2.05) is 0 Å². The van der Waals surface area contributed by atoms with Crippen molar-refractivity contribution in [2.45, 2.75) is 6.42 Å². The highest BCUT2D eigenvalue weighted by atomic mass is 19.1. The van der Waals surface area contributed by atoms with Crippen LogP contribution in [-0.2, 0) is 6.42 Å². The maximum atomic E-state index is 13.4. The van der Waals surface area contributed by atoms with Crippen molar-refractivity contribution in [3.8, 4) is 5.75 Å². The van der Waals surface area contributed by atoms with E-state index in [0.717, 1.165) is 12.1 Å². The molecule has 1 aromatic rings. The molecule has 0 spiro atoms. The molecule has 0 atom stereocenters. The standard InChI is InChI=1S/C10H15F2N3O/c1-16-10-5-8(11)7(4-9(10)12)2-3-14-6-15-13/h4-5,14-15H,2-3,6,13H2,1H3. The fraction of sp³-hybridized carbons (Fsp3) is 0.400. The number of methoxy groups -OCH3 is 1. The molecule has 0 fully saturated rings. The maximum absolute atomic E-state index is 13.4. The Morgan fingerprint density at radius 1 is 1.31 bits per heavy atom. The molecule has 0 aliphatic heterocycles. The lowest BCUT2D eigenvalue weighted by atomic mass is 10.1. The summed E-state index contributed by atoms with van der Waals surface area (Å²) in [6.45, 7) is 0.924. The van der Waals surface area contributed by atoms with Gasteiger partial charge in [0.05, 0.1) is 13.8 Å². The average molecular weight is 231 g/mol. The van der Waals surface area contributed by atoms with Gasteiger partial charge < -0.3 is 10.1 Å². The second-order valence-electron chi connectivity index (χ2n) is 3.21. The zero-order valence-electron chi connectivity index (χ0n) is 9.02. The first kappa shape index (κ1) is 12.8. The average Bonchev–Trinajstić information content (AvgIpc) is 2.28. The van der Waals surface area contributed by atoms with Gasteiger partial charge in [0.2, 0.25) is 0 Å². The molecular formula is C10H15F2N3O. The molecule has 90 valence electrons. The molecule has 0 aromatic heterocycles. The van der Waals surface area contributed by atoms with E-state index in [1.165, 1.54) is 7.11 Å². The normalized spacial score (nSPS) is 10.5. The molecule has 0 unspecified atom stereocenters. The van der Waals surface area contributed by atoms with Crippen LogP contribution in [0.25, 0.3) is 0 Å². The van der Waals surface area contributed by atoms with Gasteiger partial charge in [0.1, 0.15) is 5.82 Å². The summed E-state index contributed by atoms with van der Waals surface area (Å²) in [6.07, 6.45) is 0.383. The number of nitrogens with one attached hydrogen (secondary N) is 2. The number of halogens is 2. The highest BCUT2D eigenvalue weighted by molar-refractivity contribution is 5.31. The molecule has 1 rings (SSSR count). The molecule has 0 amide bonds. The van der Waals surface area contributed by atoms with E-state index in [4.69, 9.17) is 5.84 Å². The Kier molecular flexibility index (Phi) is 5.10. The van der Waals surface area contributed by atoms with Gasteiger partial charge in [-0.25, -0.2) is 14.2 Å². The first-order valence-electron chi connectivity index (χ1n) is 4.85. The summed E-state index contributed by atoms with van der Waals surface area (Å²) in [5, 5.41) is 2.90. The highest BCUT2D eigenvalue weighted by Crippen LogP contribution is 2.21. The fourth-order valence-electron chi connectivity index (χ4n) is 1.30. The first-order chi connectivity index (χ1) is 7.69. The SMILES string of the molecule is COc1cc(F)c(CCNCNN)cc1F. The summed E-state index contributed by atoms with van der Waals surface area (Å²) < 4.78 is 31.3. The monoisotopic (exact) mass is 231 g/mol. The van der Waals surface area contributed by atoms with Crippen molar-refractivity contribution in [1.29, 1.82) is 0 Å². The predicted molar refractivity (Wildman–Crippen MR) is 56.8 cm³/mol. The number of nitrogens with two attached hydrogens (primary N) is 1. The quantitative estimate of drug-likeness (QED) is 0.289. The van der Waals surface area contributed by atoms with E-state index >= 15 is 0 Å². The Morgan fingerprint density at radius 3 is 2.69 bits per heavy atom. The van der Waals surface area contributed by atoms with E-state index < -0.39 is 11.6 Å². The van der Waals surface area contributed by atoms with Crippen LogP contribution < -0.4 is 21.3 Å². The Bertz CT molecular complexity index is 347. The van der Waals surface area contributed by atoms with Gasteiger partial charge in [-0.3, -0.25) is 5.84 Å². The number of hydrogen-bond donors (Lipinski definition) is 3. The zero-order chi connectivity index (χ0) is 12.0. The first-order valence-corrected chi connectivity index (χ1v) is 4.85. The van der Waals surface area contributed by atoms with Gasteiger partial charge in [-0.2, -0.15) is 0 Å². The second kappa shape index (κ2) is 6.37. The Labute approximate surface area is 92.7 Å². The van der Waals surface area contributed by atoms with Crippen molar-refractivity contribution >= 4 is 0 Å². The van der Waals surface area contributed by atoms with Crippen LogP contribution in [0.3, 0.4) is 0 Å². The number of benzene rings is 1. The van der Waals surface area contributed by atoms with Crippen LogP contribution >= 0.6 is 0 Å². The van der Waals surface area contributed by atoms with Gasteiger partial charge in [-0.05, 0) is 18.1 Å². The van der Waals surface area contributed by atoms with Crippen LogP contribution in [0.1, 0.15) is 5.56 Å². The smallest absolute Gasteiger partial charge is 0.165 e. The van der Waals surface area contributed by atoms with Crippen LogP contribution in [0.5, 0.6) is 5.75 Å². The summed E-state index contributed by atoms with van der Waals surface area (Å²) in [6, 6.07) is 2.19. The van der Waals surface area contributed by atoms with Crippen molar-refractivity contribution < 1.29 is 13.5 Å². The number of ether oxygens (including phenoxy) is 1. The van der Waals surface area contributed by atoms with Crippen molar-refractivity contribution in [3.05, 3.63) is 29.3 Å². The van der Waals surface area contributed by atoms with Crippen molar-refractivity contribution in [3.63, 3.8) is 0 Å². The van der Waals surface area contributed by atoms with Gasteiger partial charge in [0.25, 0.3) is 0 Å². The molecule has 4 N–H and O–H groups in total. The minimum atomic E-state index is -0.559. The van der Waals surface area contributed by atoms with Gasteiger partial charge in [0.15, 0.2) is 11.6 Å². The predicted octanol–water partition coefficient (Wildman–Crippen LogP) is 0.526. The minimum absolute atomic E-state index is 0.0853. The van der Waals surface area contributed by atoms with Crippen LogP contribution in [0.4, 0.5) is 8.78 Å². The largest absolute Gasteiger partial charge is 0.494 e. The molecular weight excluding hydrogens is 216 g/mol. The third-order valence-electron chi connectivity index (χ3n) is 2.12. The topological polar surface area (TPSA) is 59.3 Å². The summed E-state index contributed by atoms with van der Waals surface area (Å²) >= 11 is 0. The number of hydrazine groups is 1. The van der Waals surface area contributed by atoms with Crippen LogP contribution in [0, 0.1) is 11.6 Å². The fourth-order valence-corrected chi connectivity index (χ4v) is 1.30. The Morgan fingerprint density at radius 2 is 2.06 bits per heavy atom. The summed E-state index contributed by atoms with van der Waals surface area (Å²) in [7, 11) is 1.30. The molecule has 0 bridgehead atoms. The maximum Gasteiger partial charge on any atom is 0.165 e. The van der Waals surface area contributed by atoms with Crippen molar-refractivity contribution in [2.75, 3.05) is 20.3 Å². The second-order valence-corrected chi connectivity index (χ2v) is 3.21. The molecule has 1 aromatic carbocycles. The van der Waals surface area contributed by atoms with E-state index in [2.05, 4.69) is 15.5 Å². The summed E-state index contributed by atoms with van der Waals surface area (Å²) in [5.74, 6) is 3.92. The number of rotatable bonds is 6. The molecule has 16 heavy (non-hydrogen) atoms. The van der Waals surface area contributed by atoms with E-state index in [0.29, 0.717) is 25.2 Å². The van der Waals surface area contributed by atoms with Crippen LogP contribution in [0.2, 0.25) is 0 Å². The van der Waals surface area contributed by atoms with Crippen LogP contribution in [0.15, 0.2) is 12.1 Å². The van der Waals surface area contributed by atoms with Crippen molar-refractivity contribution in [1.82, 2.24) is 10.7 Å². The van der Waals surface area contributed by atoms with Gasteiger partial charge in [0, 0.05) is 12.6 Å². The zero-order valence-corrected chi connectivity index (χ0v) is 9.02. The molecule has 0 saturated carbocycles. The lowest BCUT2D eigenvalue weighted by Crippen LogP contribution is -2.34. The van der Waals surface area contributed by atoms with Gasteiger partial charge >= 0.3 is 0 Å². The van der Waals surface area contributed by atoms with Crippen molar-refractivity contribution in [2.24, 2.45) is 5.84 Å². The number of hydrogen-bond acceptors (Lipinski definition) is 4.